The molecule has 1 N–H and O–H groups in total. The molecule has 2 aromatic heterocycles. The molecule has 0 saturated carbocycles. The largest absolute Gasteiger partial charge is 0.363 e. The van der Waals surface area contributed by atoms with Crippen LogP contribution in [0.1, 0.15) is 24.1 Å². The molecule has 1 aromatic carbocycles. The molecule has 1 aliphatic heterocycles. The summed E-state index contributed by atoms with van der Waals surface area (Å²) in [5.74, 6) is 0.265. The van der Waals surface area contributed by atoms with E-state index in [2.05, 4.69) is 32.3 Å². The summed E-state index contributed by atoms with van der Waals surface area (Å²) in [4.78, 5) is 3.48. The summed E-state index contributed by atoms with van der Waals surface area (Å²) in [7, 11) is 0. The highest BCUT2D eigenvalue weighted by atomic mass is 32.1. The van der Waals surface area contributed by atoms with Gasteiger partial charge in [0.2, 0.25) is 4.77 Å². The minimum absolute atomic E-state index is 0.290. The maximum Gasteiger partial charge on any atom is 0.216 e. The molecule has 8 heteroatoms. The molecular weight excluding hydrogens is 369 g/mol. The van der Waals surface area contributed by atoms with Crippen molar-refractivity contribution in [2.24, 2.45) is 5.10 Å². The summed E-state index contributed by atoms with van der Waals surface area (Å²) in [6.07, 6.45) is 5.62. The third-order valence-corrected chi connectivity index (χ3v) is 5.68. The van der Waals surface area contributed by atoms with Gasteiger partial charge >= 0.3 is 0 Å². The molecule has 134 valence electrons. The van der Waals surface area contributed by atoms with Crippen LogP contribution in [0.25, 0.3) is 11.4 Å². The van der Waals surface area contributed by atoms with Gasteiger partial charge in [0.05, 0.1) is 11.2 Å². The summed E-state index contributed by atoms with van der Waals surface area (Å²) < 4.78 is 15.1. The molecular formula is C18H18FN5S2. The van der Waals surface area contributed by atoms with E-state index in [0.717, 1.165) is 23.5 Å². The zero-order chi connectivity index (χ0) is 17.9. The number of hydrogen-bond donors (Lipinski definition) is 1. The van der Waals surface area contributed by atoms with Crippen LogP contribution in [-0.2, 0) is 0 Å². The quantitative estimate of drug-likeness (QED) is 0.522. The van der Waals surface area contributed by atoms with E-state index in [4.69, 9.17) is 12.2 Å². The molecule has 4 rings (SSSR count). The Labute approximate surface area is 159 Å². The van der Waals surface area contributed by atoms with E-state index < -0.39 is 0 Å². The van der Waals surface area contributed by atoms with E-state index in [1.165, 1.54) is 36.4 Å². The molecule has 1 aliphatic rings. The van der Waals surface area contributed by atoms with Gasteiger partial charge in [-0.2, -0.15) is 14.9 Å². The van der Waals surface area contributed by atoms with Gasteiger partial charge in [-0.1, -0.05) is 0 Å². The lowest BCUT2D eigenvalue weighted by molar-refractivity contribution is 0.580. The lowest BCUT2D eigenvalue weighted by Gasteiger charge is -2.27. The average Bonchev–Trinajstić information content (AvgIpc) is 3.28. The maximum absolute atomic E-state index is 13.1. The van der Waals surface area contributed by atoms with Crippen LogP contribution in [0.3, 0.4) is 0 Å². The number of piperidine rings is 1. The Morgan fingerprint density at radius 3 is 2.65 bits per heavy atom. The summed E-state index contributed by atoms with van der Waals surface area (Å²) in [6, 6.07) is 10.3. The predicted octanol–water partition coefficient (Wildman–Crippen LogP) is 4.68. The monoisotopic (exact) mass is 387 g/mol. The Balaban J connectivity index is 1.58. The van der Waals surface area contributed by atoms with Gasteiger partial charge in [-0.15, -0.1) is 11.3 Å². The van der Waals surface area contributed by atoms with Gasteiger partial charge in [-0.3, -0.25) is 0 Å². The van der Waals surface area contributed by atoms with E-state index in [9.17, 15) is 4.39 Å². The minimum Gasteiger partial charge on any atom is -0.363 e. The molecule has 0 spiro atoms. The van der Waals surface area contributed by atoms with Crippen molar-refractivity contribution < 1.29 is 4.39 Å². The van der Waals surface area contributed by atoms with Crippen molar-refractivity contribution in [2.75, 3.05) is 18.0 Å². The molecule has 0 aliphatic carbocycles. The second-order valence-electron chi connectivity index (χ2n) is 6.14. The molecule has 0 unspecified atom stereocenters. The van der Waals surface area contributed by atoms with Gasteiger partial charge in [0.25, 0.3) is 0 Å². The number of H-pyrrole nitrogens is 1. The lowest BCUT2D eigenvalue weighted by Crippen LogP contribution is -2.28. The zero-order valence-corrected chi connectivity index (χ0v) is 15.7. The van der Waals surface area contributed by atoms with Gasteiger partial charge in [0, 0.05) is 23.5 Å². The topological polar surface area (TPSA) is 49.2 Å². The SMILES string of the molecule is Fc1ccc(-c2n[nH]c(=S)n2/N=C\c2ccc(N3CCCCC3)s2)cc1. The van der Waals surface area contributed by atoms with Crippen LogP contribution in [0.4, 0.5) is 9.39 Å². The Hall–Kier alpha value is -2.32. The van der Waals surface area contributed by atoms with Gasteiger partial charge in [-0.25, -0.2) is 9.49 Å². The first kappa shape index (κ1) is 17.1. The van der Waals surface area contributed by atoms with Crippen LogP contribution in [0.5, 0.6) is 0 Å². The molecule has 1 saturated heterocycles. The van der Waals surface area contributed by atoms with Crippen molar-refractivity contribution >= 4 is 34.8 Å². The third kappa shape index (κ3) is 3.61. The number of nitrogens with zero attached hydrogens (tertiary/aromatic N) is 4. The molecule has 3 heterocycles. The molecule has 0 radical (unpaired) electrons. The fraction of sp³-hybridized carbons (Fsp3) is 0.278. The molecule has 0 atom stereocenters. The minimum atomic E-state index is -0.290. The van der Waals surface area contributed by atoms with Crippen molar-refractivity contribution in [3.8, 4) is 11.4 Å². The number of aromatic nitrogens is 3. The Morgan fingerprint density at radius 2 is 1.88 bits per heavy atom. The van der Waals surface area contributed by atoms with Crippen LogP contribution in [0.15, 0.2) is 41.5 Å². The lowest BCUT2D eigenvalue weighted by atomic mass is 10.1. The number of hydrogen-bond acceptors (Lipinski definition) is 5. The molecule has 3 aromatic rings. The second-order valence-corrected chi connectivity index (χ2v) is 7.62. The van der Waals surface area contributed by atoms with Gasteiger partial charge < -0.3 is 4.90 Å². The van der Waals surface area contributed by atoms with E-state index >= 15 is 0 Å². The zero-order valence-electron chi connectivity index (χ0n) is 14.1. The van der Waals surface area contributed by atoms with Crippen molar-refractivity contribution in [1.29, 1.82) is 0 Å². The Morgan fingerprint density at radius 1 is 1.12 bits per heavy atom. The van der Waals surface area contributed by atoms with Gasteiger partial charge in [0.1, 0.15) is 5.82 Å². The summed E-state index contributed by atoms with van der Waals surface area (Å²) in [5.41, 5.74) is 0.746. The summed E-state index contributed by atoms with van der Waals surface area (Å²) in [5, 5.41) is 12.7. The van der Waals surface area contributed by atoms with Crippen molar-refractivity contribution in [1.82, 2.24) is 14.9 Å². The molecule has 26 heavy (non-hydrogen) atoms. The molecule has 0 amide bonds. The van der Waals surface area contributed by atoms with Crippen LogP contribution in [-0.4, -0.2) is 34.2 Å². The van der Waals surface area contributed by atoms with Crippen LogP contribution < -0.4 is 4.90 Å². The maximum atomic E-state index is 13.1. The van der Waals surface area contributed by atoms with Crippen LogP contribution >= 0.6 is 23.6 Å². The van der Waals surface area contributed by atoms with Crippen molar-refractivity contribution in [2.45, 2.75) is 19.3 Å². The van der Waals surface area contributed by atoms with E-state index in [0.29, 0.717) is 10.6 Å². The number of rotatable bonds is 4. The Kier molecular flexibility index (Phi) is 4.94. The number of nitrogens with one attached hydrogen (secondary N) is 1. The predicted molar refractivity (Wildman–Crippen MR) is 106 cm³/mol. The first-order valence-electron chi connectivity index (χ1n) is 8.53. The van der Waals surface area contributed by atoms with Crippen LogP contribution in [0.2, 0.25) is 0 Å². The van der Waals surface area contributed by atoms with Gasteiger partial charge in [0.15, 0.2) is 5.82 Å². The first-order chi connectivity index (χ1) is 12.7. The van der Waals surface area contributed by atoms with E-state index in [-0.39, 0.29) is 5.82 Å². The number of anilines is 1. The van der Waals surface area contributed by atoms with Crippen molar-refractivity contribution in [3.05, 3.63) is 51.9 Å². The smallest absolute Gasteiger partial charge is 0.216 e. The fourth-order valence-electron chi connectivity index (χ4n) is 3.00. The van der Waals surface area contributed by atoms with Gasteiger partial charge in [-0.05, 0) is 67.9 Å². The van der Waals surface area contributed by atoms with E-state index in [1.807, 2.05) is 0 Å². The molecule has 5 nitrogen and oxygen atoms in total. The average molecular weight is 388 g/mol. The number of thiophene rings is 1. The third-order valence-electron chi connectivity index (χ3n) is 4.33. The molecule has 1 fully saturated rings. The van der Waals surface area contributed by atoms with Crippen molar-refractivity contribution in [3.63, 3.8) is 0 Å². The number of aromatic amines is 1. The van der Waals surface area contributed by atoms with Crippen LogP contribution in [0, 0.1) is 10.6 Å². The summed E-state index contributed by atoms with van der Waals surface area (Å²) >= 11 is 6.99. The highest BCUT2D eigenvalue weighted by Gasteiger charge is 2.13. The fourth-order valence-corrected chi connectivity index (χ4v) is 4.10. The number of halogens is 1. The highest BCUT2D eigenvalue weighted by molar-refractivity contribution is 7.71. The summed E-state index contributed by atoms with van der Waals surface area (Å²) in [6.45, 7) is 2.25. The standard InChI is InChI=1S/C18H18FN5S2/c19-14-6-4-13(5-7-14)17-21-22-18(25)24(17)20-12-15-8-9-16(26-15)23-10-2-1-3-11-23/h4-9,12H,1-3,10-11H2,(H,22,25)/b20-12-. The van der Waals surface area contributed by atoms with E-state index in [1.54, 1.807) is 34.4 Å². The first-order valence-corrected chi connectivity index (χ1v) is 9.76. The Bertz CT molecular complexity index is 964. The molecule has 0 bridgehead atoms. The highest BCUT2D eigenvalue weighted by Crippen LogP contribution is 2.27. The normalized spacial score (nSPS) is 15.0. The number of benzene rings is 1. The second kappa shape index (κ2) is 7.51.